The van der Waals surface area contributed by atoms with Gasteiger partial charge in [0.1, 0.15) is 23.3 Å². The zero-order valence-corrected chi connectivity index (χ0v) is 24.2. The number of carbonyl (C=O) groups excluding carboxylic acids is 2. The third-order valence-corrected chi connectivity index (χ3v) is 7.84. The number of hydrogen-bond acceptors (Lipinski definition) is 7. The predicted octanol–water partition coefficient (Wildman–Crippen LogP) is 6.57. The molecule has 0 radical (unpaired) electrons. The number of alkyl halides is 3. The molecule has 1 atom stereocenters. The number of ether oxygens (including phenoxy) is 4. The molecular formula is C31H30ClF3N2O6. The van der Waals surface area contributed by atoms with Gasteiger partial charge < -0.3 is 29.2 Å². The lowest BCUT2D eigenvalue weighted by Gasteiger charge is -2.33. The Morgan fingerprint density at radius 2 is 1.72 bits per heavy atom. The second-order valence-electron chi connectivity index (χ2n) is 10.5. The van der Waals surface area contributed by atoms with Gasteiger partial charge in [-0.3, -0.25) is 9.59 Å². The second-order valence-corrected chi connectivity index (χ2v) is 10.9. The average Bonchev–Trinajstić information content (AvgIpc) is 3.37. The summed E-state index contributed by atoms with van der Waals surface area (Å²) in [4.78, 5) is 27.2. The van der Waals surface area contributed by atoms with Gasteiger partial charge in [0, 0.05) is 41.5 Å². The zero-order valence-electron chi connectivity index (χ0n) is 23.4. The Hall–Kier alpha value is -4.12. The third-order valence-electron chi connectivity index (χ3n) is 7.58. The maximum Gasteiger partial charge on any atom is 0.573 e. The van der Waals surface area contributed by atoms with Crippen LogP contribution < -0.4 is 24.4 Å². The molecule has 1 saturated carbocycles. The number of esters is 1. The number of nitrogens with zero attached hydrogens (tertiary/aromatic N) is 1. The van der Waals surface area contributed by atoms with Crippen LogP contribution in [0.3, 0.4) is 0 Å². The minimum atomic E-state index is -4.86. The molecular weight excluding hydrogens is 589 g/mol. The monoisotopic (exact) mass is 618 g/mol. The molecule has 1 aliphatic heterocycles. The van der Waals surface area contributed by atoms with Crippen LogP contribution in [0.5, 0.6) is 17.2 Å². The van der Waals surface area contributed by atoms with Crippen molar-refractivity contribution in [2.45, 2.75) is 31.7 Å². The van der Waals surface area contributed by atoms with Gasteiger partial charge in [-0.2, -0.15) is 0 Å². The molecule has 2 aliphatic rings. The molecule has 1 N–H and O–H groups in total. The van der Waals surface area contributed by atoms with Crippen LogP contribution in [0.4, 0.5) is 24.5 Å². The SMILES string of the molecule is COc1cc(NC(C(=O)N2CCc3ccc(OC(F)(F)F)cc32)c2ccc(Cl)cc2)cc(OC[C@H]2C[C@@H](C(=O)OC)C2)c1. The predicted molar refractivity (Wildman–Crippen MR) is 154 cm³/mol. The molecule has 1 unspecified atom stereocenters. The summed E-state index contributed by atoms with van der Waals surface area (Å²) in [7, 11) is 2.89. The summed E-state index contributed by atoms with van der Waals surface area (Å²) < 4.78 is 59.1. The topological polar surface area (TPSA) is 86.3 Å². The van der Waals surface area contributed by atoms with Gasteiger partial charge in [0.25, 0.3) is 5.91 Å². The summed E-state index contributed by atoms with van der Waals surface area (Å²) in [6, 6.07) is 15.0. The van der Waals surface area contributed by atoms with E-state index in [9.17, 15) is 22.8 Å². The van der Waals surface area contributed by atoms with Gasteiger partial charge in [-0.25, -0.2) is 0 Å². The highest BCUT2D eigenvalue weighted by atomic mass is 35.5. The number of benzene rings is 3. The fourth-order valence-corrected chi connectivity index (χ4v) is 5.48. The lowest BCUT2D eigenvalue weighted by Crippen LogP contribution is -2.37. The van der Waals surface area contributed by atoms with E-state index in [1.165, 1.54) is 37.3 Å². The molecule has 3 aromatic rings. The van der Waals surface area contributed by atoms with Gasteiger partial charge >= 0.3 is 12.3 Å². The van der Waals surface area contributed by atoms with Crippen LogP contribution in [-0.2, 0) is 20.7 Å². The minimum Gasteiger partial charge on any atom is -0.497 e. The lowest BCUT2D eigenvalue weighted by atomic mass is 9.75. The minimum absolute atomic E-state index is 0.112. The Labute approximate surface area is 251 Å². The number of nitrogens with one attached hydrogen (secondary N) is 1. The molecule has 12 heteroatoms. The molecule has 3 aromatic carbocycles. The fourth-order valence-electron chi connectivity index (χ4n) is 5.35. The summed E-state index contributed by atoms with van der Waals surface area (Å²) in [5, 5.41) is 3.75. The molecule has 0 bridgehead atoms. The number of amides is 1. The summed E-state index contributed by atoms with van der Waals surface area (Å²) in [5.74, 6) is 0.0945. The lowest BCUT2D eigenvalue weighted by molar-refractivity contribution is -0.274. The maximum atomic E-state index is 14.1. The molecule has 43 heavy (non-hydrogen) atoms. The molecule has 1 aliphatic carbocycles. The van der Waals surface area contributed by atoms with Gasteiger partial charge in [0.05, 0.1) is 32.4 Å². The Kier molecular flexibility index (Phi) is 8.91. The molecule has 0 saturated heterocycles. The molecule has 1 fully saturated rings. The van der Waals surface area contributed by atoms with Crippen LogP contribution in [0.25, 0.3) is 0 Å². The summed E-state index contributed by atoms with van der Waals surface area (Å²) in [6.07, 6.45) is -3.01. The third kappa shape index (κ3) is 7.27. The van der Waals surface area contributed by atoms with Crippen molar-refractivity contribution in [1.82, 2.24) is 0 Å². The molecule has 1 amide bonds. The first-order valence-electron chi connectivity index (χ1n) is 13.6. The van der Waals surface area contributed by atoms with E-state index in [0.717, 1.165) is 5.56 Å². The van der Waals surface area contributed by atoms with Crippen molar-refractivity contribution in [1.29, 1.82) is 0 Å². The Bertz CT molecular complexity index is 1480. The van der Waals surface area contributed by atoms with E-state index in [2.05, 4.69) is 10.1 Å². The molecule has 0 aromatic heterocycles. The van der Waals surface area contributed by atoms with E-state index >= 15 is 0 Å². The van der Waals surface area contributed by atoms with Crippen LogP contribution in [-0.4, -0.2) is 45.6 Å². The smallest absolute Gasteiger partial charge is 0.497 e. The highest BCUT2D eigenvalue weighted by Crippen LogP contribution is 2.38. The standard InChI is InChI=1S/C31H30ClF3N2O6/c1-40-25-13-23(14-26(15-25)42-17-18-11-21(12-18)30(39)41-2)36-28(20-3-6-22(32)7-4-20)29(38)37-10-9-19-5-8-24(16-27(19)37)43-31(33,34)35/h3-8,13-16,18,21,28,36H,9-12,17H2,1-2H3/t18-,21+,28?. The van der Waals surface area contributed by atoms with Crippen LogP contribution in [0.15, 0.2) is 60.7 Å². The molecule has 1 heterocycles. The summed E-state index contributed by atoms with van der Waals surface area (Å²) in [6.45, 7) is 0.683. The zero-order chi connectivity index (χ0) is 30.7. The van der Waals surface area contributed by atoms with E-state index in [0.29, 0.717) is 59.3 Å². The number of halogens is 4. The normalized spacial score (nSPS) is 18.2. The highest BCUT2D eigenvalue weighted by Gasteiger charge is 2.36. The summed E-state index contributed by atoms with van der Waals surface area (Å²) in [5.41, 5.74) is 2.21. The Morgan fingerprint density at radius 3 is 2.40 bits per heavy atom. The molecule has 228 valence electrons. The number of rotatable bonds is 10. The van der Waals surface area contributed by atoms with E-state index in [4.69, 9.17) is 25.8 Å². The molecule has 5 rings (SSSR count). The number of methoxy groups -OCH3 is 2. The van der Waals surface area contributed by atoms with Crippen molar-refractivity contribution in [2.75, 3.05) is 37.6 Å². The van der Waals surface area contributed by atoms with E-state index in [1.807, 2.05) is 0 Å². The van der Waals surface area contributed by atoms with E-state index in [-0.39, 0.29) is 30.3 Å². The Morgan fingerprint density at radius 1 is 1.00 bits per heavy atom. The van der Waals surface area contributed by atoms with Crippen LogP contribution in [0, 0.1) is 11.8 Å². The van der Waals surface area contributed by atoms with Crippen LogP contribution >= 0.6 is 11.6 Å². The first-order chi connectivity index (χ1) is 20.5. The van der Waals surface area contributed by atoms with Crippen molar-refractivity contribution in [3.63, 3.8) is 0 Å². The molecule has 8 nitrogen and oxygen atoms in total. The molecule has 0 spiro atoms. The van der Waals surface area contributed by atoms with Gasteiger partial charge in [-0.05, 0) is 54.5 Å². The van der Waals surface area contributed by atoms with Gasteiger partial charge in [-0.1, -0.05) is 29.8 Å². The number of fused-ring (bicyclic) bond motifs is 1. The fraction of sp³-hybridized carbons (Fsp3) is 0.355. The number of carbonyl (C=O) groups is 2. The van der Waals surface area contributed by atoms with E-state index in [1.54, 1.807) is 42.5 Å². The van der Waals surface area contributed by atoms with Gasteiger partial charge in [0.2, 0.25) is 0 Å². The van der Waals surface area contributed by atoms with Crippen molar-refractivity contribution >= 4 is 34.9 Å². The van der Waals surface area contributed by atoms with Crippen molar-refractivity contribution in [2.24, 2.45) is 11.8 Å². The van der Waals surface area contributed by atoms with Crippen LogP contribution in [0.2, 0.25) is 5.02 Å². The van der Waals surface area contributed by atoms with Crippen molar-refractivity contribution in [3.05, 3.63) is 76.8 Å². The summed E-state index contributed by atoms with van der Waals surface area (Å²) >= 11 is 6.11. The first-order valence-corrected chi connectivity index (χ1v) is 14.0. The van der Waals surface area contributed by atoms with Gasteiger partial charge in [-0.15, -0.1) is 13.2 Å². The van der Waals surface area contributed by atoms with Crippen molar-refractivity contribution in [3.8, 4) is 17.2 Å². The average molecular weight is 619 g/mol. The number of anilines is 2. The van der Waals surface area contributed by atoms with E-state index < -0.39 is 18.2 Å². The second kappa shape index (κ2) is 12.6. The largest absolute Gasteiger partial charge is 0.573 e. The Balaban J connectivity index is 1.38. The quantitative estimate of drug-likeness (QED) is 0.257. The maximum absolute atomic E-state index is 14.1. The first kappa shape index (κ1) is 30.3. The van der Waals surface area contributed by atoms with Crippen LogP contribution in [0.1, 0.15) is 30.0 Å². The number of hydrogen-bond donors (Lipinski definition) is 1. The van der Waals surface area contributed by atoms with Gasteiger partial charge in [0.15, 0.2) is 0 Å². The van der Waals surface area contributed by atoms with Crippen molar-refractivity contribution < 1.29 is 41.7 Å². The highest BCUT2D eigenvalue weighted by molar-refractivity contribution is 6.30.